The first-order valence-corrected chi connectivity index (χ1v) is 6.76. The van der Waals surface area contributed by atoms with Crippen molar-refractivity contribution in [3.63, 3.8) is 0 Å². The lowest BCUT2D eigenvalue weighted by Gasteiger charge is -2.05. The van der Waals surface area contributed by atoms with Gasteiger partial charge in [0.25, 0.3) is 0 Å². The largest absolute Gasteiger partial charge is 0.335 e. The van der Waals surface area contributed by atoms with Crippen LogP contribution in [0.1, 0.15) is 16.8 Å². The summed E-state index contributed by atoms with van der Waals surface area (Å²) in [6.07, 6.45) is 4.62. The third-order valence-electron chi connectivity index (χ3n) is 3.49. The maximum absolute atomic E-state index is 4.51. The molecular weight excluding hydrogens is 248 g/mol. The summed E-state index contributed by atoms with van der Waals surface area (Å²) in [6, 6.07) is 10.4. The van der Waals surface area contributed by atoms with Gasteiger partial charge in [-0.15, -0.1) is 0 Å². The first kappa shape index (κ1) is 12.8. The summed E-state index contributed by atoms with van der Waals surface area (Å²) in [5.74, 6) is 0. The average Bonchev–Trinajstić information content (AvgIpc) is 2.78. The predicted molar refractivity (Wildman–Crippen MR) is 80.5 cm³/mol. The SMILES string of the molecule is CNCc1cn(C)c2ncnc(Cc3ccccc3)c12. The molecule has 102 valence electrons. The number of aryl methyl sites for hydroxylation is 1. The van der Waals surface area contributed by atoms with Crippen LogP contribution in [-0.4, -0.2) is 21.6 Å². The van der Waals surface area contributed by atoms with E-state index >= 15 is 0 Å². The van der Waals surface area contributed by atoms with Gasteiger partial charge < -0.3 is 9.88 Å². The summed E-state index contributed by atoms with van der Waals surface area (Å²) in [7, 11) is 3.99. The van der Waals surface area contributed by atoms with Crippen molar-refractivity contribution in [3.05, 3.63) is 59.7 Å². The second-order valence-electron chi connectivity index (χ2n) is 4.98. The Morgan fingerprint density at radius 1 is 1.15 bits per heavy atom. The Hall–Kier alpha value is -2.20. The molecule has 0 aliphatic carbocycles. The number of nitrogens with zero attached hydrogens (tertiary/aromatic N) is 3. The third kappa shape index (κ3) is 2.30. The van der Waals surface area contributed by atoms with Crippen LogP contribution in [-0.2, 0) is 20.0 Å². The summed E-state index contributed by atoms with van der Waals surface area (Å²) < 4.78 is 2.07. The number of aromatic nitrogens is 3. The number of benzene rings is 1. The van der Waals surface area contributed by atoms with E-state index in [2.05, 4.69) is 50.3 Å². The van der Waals surface area contributed by atoms with Gasteiger partial charge in [-0.1, -0.05) is 30.3 Å². The Morgan fingerprint density at radius 3 is 2.70 bits per heavy atom. The molecule has 0 fully saturated rings. The Labute approximate surface area is 118 Å². The molecule has 2 heterocycles. The molecule has 3 rings (SSSR count). The zero-order valence-corrected chi connectivity index (χ0v) is 11.8. The highest BCUT2D eigenvalue weighted by Crippen LogP contribution is 2.23. The molecule has 1 aromatic carbocycles. The molecule has 20 heavy (non-hydrogen) atoms. The number of rotatable bonds is 4. The van der Waals surface area contributed by atoms with Crippen LogP contribution in [0.2, 0.25) is 0 Å². The Bertz CT molecular complexity index is 716. The highest BCUT2D eigenvalue weighted by molar-refractivity contribution is 5.83. The average molecular weight is 266 g/mol. The summed E-state index contributed by atoms with van der Waals surface area (Å²) >= 11 is 0. The van der Waals surface area contributed by atoms with Gasteiger partial charge >= 0.3 is 0 Å². The van der Waals surface area contributed by atoms with Gasteiger partial charge in [0.15, 0.2) is 0 Å². The van der Waals surface area contributed by atoms with Crippen LogP contribution in [0.5, 0.6) is 0 Å². The minimum atomic E-state index is 0.826. The molecule has 3 aromatic rings. The predicted octanol–water partition coefficient (Wildman–Crippen LogP) is 2.28. The molecule has 4 nitrogen and oxygen atoms in total. The van der Waals surface area contributed by atoms with E-state index < -0.39 is 0 Å². The zero-order chi connectivity index (χ0) is 13.9. The first-order chi connectivity index (χ1) is 9.79. The van der Waals surface area contributed by atoms with Gasteiger partial charge in [-0.05, 0) is 18.2 Å². The molecule has 0 atom stereocenters. The van der Waals surface area contributed by atoms with Gasteiger partial charge in [-0.2, -0.15) is 0 Å². The second-order valence-corrected chi connectivity index (χ2v) is 4.98. The molecule has 4 heteroatoms. The fourth-order valence-corrected chi connectivity index (χ4v) is 2.61. The lowest BCUT2D eigenvalue weighted by Crippen LogP contribution is -2.05. The van der Waals surface area contributed by atoms with E-state index in [0.717, 1.165) is 24.3 Å². The second kappa shape index (κ2) is 5.43. The first-order valence-electron chi connectivity index (χ1n) is 6.76. The molecule has 0 unspecified atom stereocenters. The molecule has 0 saturated carbocycles. The van der Waals surface area contributed by atoms with Crippen LogP contribution in [0.4, 0.5) is 0 Å². The van der Waals surface area contributed by atoms with Gasteiger partial charge in [0.1, 0.15) is 12.0 Å². The normalized spacial score (nSPS) is 11.1. The number of hydrogen-bond donors (Lipinski definition) is 1. The van der Waals surface area contributed by atoms with Gasteiger partial charge in [0, 0.05) is 31.6 Å². The topological polar surface area (TPSA) is 42.7 Å². The molecule has 0 radical (unpaired) electrons. The van der Waals surface area contributed by atoms with E-state index in [4.69, 9.17) is 0 Å². The maximum Gasteiger partial charge on any atom is 0.143 e. The lowest BCUT2D eigenvalue weighted by molar-refractivity contribution is 0.814. The van der Waals surface area contributed by atoms with Crippen molar-refractivity contribution in [1.82, 2.24) is 19.9 Å². The van der Waals surface area contributed by atoms with Gasteiger partial charge in [-0.25, -0.2) is 9.97 Å². The minimum Gasteiger partial charge on any atom is -0.335 e. The molecule has 0 spiro atoms. The monoisotopic (exact) mass is 266 g/mol. The third-order valence-corrected chi connectivity index (χ3v) is 3.49. The highest BCUT2D eigenvalue weighted by atomic mass is 15.0. The van der Waals surface area contributed by atoms with Crippen molar-refractivity contribution in [3.8, 4) is 0 Å². The molecule has 0 saturated heterocycles. The lowest BCUT2D eigenvalue weighted by atomic mass is 10.1. The van der Waals surface area contributed by atoms with Crippen LogP contribution in [0.25, 0.3) is 11.0 Å². The van der Waals surface area contributed by atoms with E-state index in [-0.39, 0.29) is 0 Å². The molecule has 0 bridgehead atoms. The smallest absolute Gasteiger partial charge is 0.143 e. The van der Waals surface area contributed by atoms with Gasteiger partial charge in [0.2, 0.25) is 0 Å². The standard InChI is InChI=1S/C16H18N4/c1-17-9-13-10-20(2)16-15(13)14(18-11-19-16)8-12-6-4-3-5-7-12/h3-7,10-11,17H,8-9H2,1-2H3. The maximum atomic E-state index is 4.51. The minimum absolute atomic E-state index is 0.826. The van der Waals surface area contributed by atoms with E-state index in [1.807, 2.05) is 20.2 Å². The fourth-order valence-electron chi connectivity index (χ4n) is 2.61. The Balaban J connectivity index is 2.10. The Morgan fingerprint density at radius 2 is 1.95 bits per heavy atom. The quantitative estimate of drug-likeness (QED) is 0.788. The molecule has 0 aliphatic heterocycles. The van der Waals surface area contributed by atoms with Crippen LogP contribution in [0.15, 0.2) is 42.9 Å². The van der Waals surface area contributed by atoms with Crippen molar-refractivity contribution in [1.29, 1.82) is 0 Å². The van der Waals surface area contributed by atoms with Crippen LogP contribution >= 0.6 is 0 Å². The number of fused-ring (bicyclic) bond motifs is 1. The molecular formula is C16H18N4. The summed E-state index contributed by atoms with van der Waals surface area (Å²) in [4.78, 5) is 8.92. The van der Waals surface area contributed by atoms with E-state index in [9.17, 15) is 0 Å². The van der Waals surface area contributed by atoms with Crippen molar-refractivity contribution in [2.45, 2.75) is 13.0 Å². The van der Waals surface area contributed by atoms with Crippen LogP contribution in [0, 0.1) is 0 Å². The number of nitrogens with one attached hydrogen (secondary N) is 1. The van der Waals surface area contributed by atoms with Crippen molar-refractivity contribution < 1.29 is 0 Å². The molecule has 2 aromatic heterocycles. The van der Waals surface area contributed by atoms with Crippen molar-refractivity contribution in [2.75, 3.05) is 7.05 Å². The summed E-state index contributed by atoms with van der Waals surface area (Å²) in [5.41, 5.74) is 4.60. The number of hydrogen-bond acceptors (Lipinski definition) is 3. The van der Waals surface area contributed by atoms with E-state index in [0.29, 0.717) is 0 Å². The Kier molecular flexibility index (Phi) is 3.48. The fraction of sp³-hybridized carbons (Fsp3) is 0.250. The van der Waals surface area contributed by atoms with Crippen molar-refractivity contribution in [2.24, 2.45) is 7.05 Å². The van der Waals surface area contributed by atoms with E-state index in [1.54, 1.807) is 6.33 Å². The molecule has 0 aliphatic rings. The highest BCUT2D eigenvalue weighted by Gasteiger charge is 2.13. The van der Waals surface area contributed by atoms with E-state index in [1.165, 1.54) is 16.5 Å². The van der Waals surface area contributed by atoms with Crippen molar-refractivity contribution >= 4 is 11.0 Å². The van der Waals surface area contributed by atoms with Crippen LogP contribution < -0.4 is 5.32 Å². The van der Waals surface area contributed by atoms with Crippen LogP contribution in [0.3, 0.4) is 0 Å². The summed E-state index contributed by atoms with van der Waals surface area (Å²) in [6.45, 7) is 0.826. The molecule has 0 amide bonds. The summed E-state index contributed by atoms with van der Waals surface area (Å²) in [5, 5.41) is 4.39. The van der Waals surface area contributed by atoms with Gasteiger partial charge in [-0.3, -0.25) is 0 Å². The zero-order valence-electron chi connectivity index (χ0n) is 11.8. The van der Waals surface area contributed by atoms with Gasteiger partial charge in [0.05, 0.1) is 5.69 Å². The molecule has 1 N–H and O–H groups in total.